The topological polar surface area (TPSA) is 119 Å². The van der Waals surface area contributed by atoms with Gasteiger partial charge in [-0.2, -0.15) is 5.10 Å². The number of H-pyrrole nitrogens is 1. The van der Waals surface area contributed by atoms with Gasteiger partial charge in [0.1, 0.15) is 11.9 Å². The maximum atomic E-state index is 12.3. The van der Waals surface area contributed by atoms with Crippen LogP contribution < -0.4 is 16.0 Å². The molecule has 8 nitrogen and oxygen atoms in total. The standard InChI is InChI=1S/C13H11Cl2N3O2.C7H14N2O/c14-5-8-3-1-2-4-9(15)12(8)13(20)17-10-6-16-18-11(10)7-19;1-4-7(10)9-5-6(2)8-3/h1,3-4,6-7H,2,5H2,(H,16,18)(H,17,20);4-5,7-10H,1H2,2-3H3/b;6-5+. The van der Waals surface area contributed by atoms with Crippen molar-refractivity contribution >= 4 is 41.1 Å². The predicted molar refractivity (Wildman–Crippen MR) is 120 cm³/mol. The number of aliphatic hydroxyl groups is 1. The predicted octanol–water partition coefficient (Wildman–Crippen LogP) is 2.94. The van der Waals surface area contributed by atoms with Crippen LogP contribution in [-0.2, 0) is 4.79 Å². The molecule has 0 saturated heterocycles. The van der Waals surface area contributed by atoms with Crippen LogP contribution in [-0.4, -0.2) is 46.7 Å². The summed E-state index contributed by atoms with van der Waals surface area (Å²) >= 11 is 12.0. The van der Waals surface area contributed by atoms with Crippen LogP contribution >= 0.6 is 23.2 Å². The minimum absolute atomic E-state index is 0.162. The largest absolute Gasteiger partial charge is 0.390 e. The summed E-state index contributed by atoms with van der Waals surface area (Å²) in [6, 6.07) is 0. The lowest BCUT2D eigenvalue weighted by Gasteiger charge is -2.09. The molecule has 0 fully saturated rings. The fourth-order valence-corrected chi connectivity index (χ4v) is 2.63. The molecule has 0 aromatic carbocycles. The van der Waals surface area contributed by atoms with Gasteiger partial charge < -0.3 is 21.1 Å². The molecular formula is C20H25Cl2N5O3. The van der Waals surface area contributed by atoms with Crippen molar-refractivity contribution in [2.24, 2.45) is 0 Å². The second-order valence-corrected chi connectivity index (χ2v) is 6.59. The van der Waals surface area contributed by atoms with Crippen LogP contribution in [0, 0.1) is 0 Å². The summed E-state index contributed by atoms with van der Waals surface area (Å²) in [5, 5.41) is 23.6. The Hall–Kier alpha value is -2.81. The summed E-state index contributed by atoms with van der Waals surface area (Å²) in [5.74, 6) is -0.271. The van der Waals surface area contributed by atoms with Crippen LogP contribution in [0.5, 0.6) is 0 Å². The van der Waals surface area contributed by atoms with Crippen molar-refractivity contribution in [2.45, 2.75) is 19.6 Å². The summed E-state index contributed by atoms with van der Waals surface area (Å²) in [5.41, 5.74) is 2.37. The SMILES string of the molecule is C=CC(O)N/C=C(\C)NC.O=Cc1[nH]ncc1NC(=O)C1=C(CCl)C=CCC=C1Cl. The third kappa shape index (κ3) is 7.90. The zero-order chi connectivity index (χ0) is 22.5. The number of aromatic nitrogens is 2. The van der Waals surface area contributed by atoms with Gasteiger partial charge >= 0.3 is 0 Å². The number of hydrogen-bond acceptors (Lipinski definition) is 6. The van der Waals surface area contributed by atoms with Gasteiger partial charge in [0.2, 0.25) is 0 Å². The lowest BCUT2D eigenvalue weighted by molar-refractivity contribution is -0.112. The van der Waals surface area contributed by atoms with Gasteiger partial charge in [-0.15, -0.1) is 11.6 Å². The van der Waals surface area contributed by atoms with E-state index in [9.17, 15) is 9.59 Å². The summed E-state index contributed by atoms with van der Waals surface area (Å²) in [4.78, 5) is 23.1. The molecule has 0 spiro atoms. The molecule has 0 radical (unpaired) electrons. The number of aldehydes is 1. The number of amides is 1. The number of alkyl halides is 1. The number of hydrogen-bond donors (Lipinski definition) is 5. The van der Waals surface area contributed by atoms with Crippen LogP contribution in [0.4, 0.5) is 5.69 Å². The zero-order valence-electron chi connectivity index (χ0n) is 16.7. The highest BCUT2D eigenvalue weighted by Gasteiger charge is 2.20. The first-order valence-corrected chi connectivity index (χ1v) is 9.81. The zero-order valence-corrected chi connectivity index (χ0v) is 18.2. The minimum Gasteiger partial charge on any atom is -0.390 e. The molecule has 1 unspecified atom stereocenters. The second-order valence-electron chi connectivity index (χ2n) is 5.92. The quantitative estimate of drug-likeness (QED) is 0.178. The molecule has 1 aliphatic carbocycles. The average Bonchev–Trinajstić information content (AvgIpc) is 3.11. The Morgan fingerprint density at radius 3 is 2.83 bits per heavy atom. The fraction of sp³-hybridized carbons (Fsp3) is 0.250. The molecule has 162 valence electrons. The van der Waals surface area contributed by atoms with E-state index in [4.69, 9.17) is 28.3 Å². The Morgan fingerprint density at radius 1 is 1.50 bits per heavy atom. The first kappa shape index (κ1) is 25.2. The molecule has 0 bridgehead atoms. The Labute approximate surface area is 185 Å². The van der Waals surface area contributed by atoms with Crippen molar-refractivity contribution in [3.63, 3.8) is 0 Å². The van der Waals surface area contributed by atoms with Crippen molar-refractivity contribution in [1.82, 2.24) is 20.8 Å². The van der Waals surface area contributed by atoms with E-state index in [0.29, 0.717) is 34.6 Å². The van der Waals surface area contributed by atoms with E-state index in [1.54, 1.807) is 18.4 Å². The number of carbonyl (C=O) groups is 2. The average molecular weight is 454 g/mol. The maximum Gasteiger partial charge on any atom is 0.257 e. The number of rotatable bonds is 8. The third-order valence-corrected chi connectivity index (χ3v) is 4.44. The van der Waals surface area contributed by atoms with Gasteiger partial charge in [-0.3, -0.25) is 14.7 Å². The molecule has 0 aliphatic heterocycles. The Morgan fingerprint density at radius 2 is 2.23 bits per heavy atom. The Kier molecular flexibility index (Phi) is 11.3. The molecule has 5 N–H and O–H groups in total. The number of nitrogens with zero attached hydrogens (tertiary/aromatic N) is 1. The molecule has 1 aromatic heterocycles. The first-order valence-electron chi connectivity index (χ1n) is 8.90. The Balaban J connectivity index is 0.000000382. The van der Waals surface area contributed by atoms with E-state index >= 15 is 0 Å². The van der Waals surface area contributed by atoms with E-state index < -0.39 is 12.1 Å². The van der Waals surface area contributed by atoms with Crippen molar-refractivity contribution in [2.75, 3.05) is 18.2 Å². The summed E-state index contributed by atoms with van der Waals surface area (Å²) in [7, 11) is 1.81. The van der Waals surface area contributed by atoms with Crippen molar-refractivity contribution < 1.29 is 14.7 Å². The highest BCUT2D eigenvalue weighted by Crippen LogP contribution is 2.26. The molecule has 1 aromatic rings. The molecule has 30 heavy (non-hydrogen) atoms. The van der Waals surface area contributed by atoms with Crippen molar-refractivity contribution in [3.8, 4) is 0 Å². The molecule has 10 heteroatoms. The van der Waals surface area contributed by atoms with Crippen LogP contribution in [0.2, 0.25) is 0 Å². The maximum absolute atomic E-state index is 12.3. The number of aromatic amines is 1. The lowest BCUT2D eigenvalue weighted by atomic mass is 10.1. The Bertz CT molecular complexity index is 872. The van der Waals surface area contributed by atoms with E-state index in [1.165, 1.54) is 12.3 Å². The number of halogens is 2. The second kappa shape index (κ2) is 13.4. The number of allylic oxidation sites excluding steroid dienone is 5. The lowest BCUT2D eigenvalue weighted by Crippen LogP contribution is -2.22. The first-order chi connectivity index (χ1) is 14.4. The fourth-order valence-electron chi connectivity index (χ4n) is 2.11. The normalized spacial score (nSPS) is 14.6. The molecule has 1 aliphatic rings. The van der Waals surface area contributed by atoms with E-state index in [2.05, 4.69) is 32.7 Å². The van der Waals surface area contributed by atoms with Crippen LogP contribution in [0.3, 0.4) is 0 Å². The van der Waals surface area contributed by atoms with E-state index in [-0.39, 0.29) is 11.6 Å². The monoisotopic (exact) mass is 453 g/mol. The molecule has 0 saturated carbocycles. The van der Waals surface area contributed by atoms with Crippen LogP contribution in [0.25, 0.3) is 0 Å². The minimum atomic E-state index is -0.664. The molecule has 1 atom stereocenters. The number of anilines is 1. The molecule has 1 heterocycles. The van der Waals surface area contributed by atoms with Gasteiger partial charge in [0.25, 0.3) is 5.91 Å². The van der Waals surface area contributed by atoms with Gasteiger partial charge in [0, 0.05) is 29.9 Å². The van der Waals surface area contributed by atoms with Gasteiger partial charge in [-0.25, -0.2) is 0 Å². The number of nitrogens with one attached hydrogen (secondary N) is 4. The van der Waals surface area contributed by atoms with Gasteiger partial charge in [-0.05, 0) is 25.0 Å². The van der Waals surface area contributed by atoms with E-state index in [1.807, 2.05) is 20.0 Å². The summed E-state index contributed by atoms with van der Waals surface area (Å²) in [6.07, 6.45) is 10.4. The highest BCUT2D eigenvalue weighted by molar-refractivity contribution is 6.36. The van der Waals surface area contributed by atoms with Gasteiger partial charge in [0.15, 0.2) is 6.29 Å². The summed E-state index contributed by atoms with van der Waals surface area (Å²) in [6.45, 7) is 5.29. The summed E-state index contributed by atoms with van der Waals surface area (Å²) < 4.78 is 0. The van der Waals surface area contributed by atoms with Crippen molar-refractivity contribution in [1.29, 1.82) is 0 Å². The third-order valence-electron chi connectivity index (χ3n) is 3.81. The van der Waals surface area contributed by atoms with Gasteiger partial charge in [0.05, 0.1) is 17.5 Å². The highest BCUT2D eigenvalue weighted by atomic mass is 35.5. The van der Waals surface area contributed by atoms with E-state index in [0.717, 1.165) is 5.70 Å². The molecular weight excluding hydrogens is 429 g/mol. The molecule has 2 rings (SSSR count). The number of aliphatic hydroxyl groups excluding tert-OH is 1. The van der Waals surface area contributed by atoms with Gasteiger partial charge in [-0.1, -0.05) is 36.4 Å². The molecule has 1 amide bonds. The van der Waals surface area contributed by atoms with Crippen molar-refractivity contribution in [3.05, 3.63) is 70.8 Å². The smallest absolute Gasteiger partial charge is 0.257 e. The number of carbonyl (C=O) groups excluding carboxylic acids is 2. The van der Waals surface area contributed by atoms with Crippen LogP contribution in [0.1, 0.15) is 23.8 Å². The van der Waals surface area contributed by atoms with Crippen LogP contribution in [0.15, 0.2) is 65.2 Å².